The van der Waals surface area contributed by atoms with Crippen molar-refractivity contribution in [2.75, 3.05) is 0 Å². The zero-order valence-electron chi connectivity index (χ0n) is 26.6. The molecule has 0 heterocycles. The van der Waals surface area contributed by atoms with E-state index in [4.69, 9.17) is 0 Å². The Morgan fingerprint density at radius 2 is 1.14 bits per heavy atom. The zero-order chi connectivity index (χ0) is 29.1. The largest absolute Gasteiger partial charge is 1.00 e. The first-order chi connectivity index (χ1) is 20.7. The Hall–Kier alpha value is -2.31. The summed E-state index contributed by atoms with van der Waals surface area (Å²) in [6, 6.07) is 37.7. The van der Waals surface area contributed by atoms with Gasteiger partial charge in [0.1, 0.15) is 0 Å². The molecule has 0 bridgehead atoms. The second kappa shape index (κ2) is 15.8. The first-order valence-electron chi connectivity index (χ1n) is 16.2. The third kappa shape index (κ3) is 6.77. The molecule has 0 aromatic heterocycles. The monoisotopic (exact) mass is 696 g/mol. The van der Waals surface area contributed by atoms with E-state index in [9.17, 15) is 0 Å². The van der Waals surface area contributed by atoms with E-state index in [2.05, 4.69) is 131 Å². The molecule has 4 aromatic carbocycles. The van der Waals surface area contributed by atoms with E-state index in [0.717, 1.165) is 12.8 Å². The van der Waals surface area contributed by atoms with Gasteiger partial charge in [0.15, 0.2) is 0 Å². The van der Waals surface area contributed by atoms with Crippen molar-refractivity contribution < 1.29 is 46.1 Å². The van der Waals surface area contributed by atoms with Crippen LogP contribution in [0.25, 0.3) is 11.1 Å². The molecule has 0 fully saturated rings. The molecule has 2 aliphatic rings. The van der Waals surface area contributed by atoms with Crippen molar-refractivity contribution in [3.8, 4) is 11.1 Å². The smallest absolute Gasteiger partial charge is 1.00 e. The minimum absolute atomic E-state index is 0. The molecule has 2 aliphatic carbocycles. The van der Waals surface area contributed by atoms with Crippen LogP contribution in [-0.4, -0.2) is 3.21 Å². The van der Waals surface area contributed by atoms with Crippen LogP contribution in [0.3, 0.4) is 0 Å². The second-order valence-corrected chi connectivity index (χ2v) is 18.2. The Kier molecular flexibility index (Phi) is 12.4. The maximum atomic E-state index is 2.64. The fourth-order valence-corrected chi connectivity index (χ4v) is 17.0. The van der Waals surface area contributed by atoms with Crippen molar-refractivity contribution in [1.29, 1.82) is 0 Å². The standard InChI is InChI=1S/C17H17.C13H10.C11H17.2ClH.Zr/c1-3-12-5-7-16-14(9-12)11-15-10-13(4-2)6-8-17(15)16;1-3-7-12(8-4-1)11-13-9-5-2-6-10-13;1-3-5-10-7-8-11(9-10)6-4-2;;;/h5-11H,3-4H2,1-2H3;1-10H;9H,3-7H2,1-2H3;2*1H;/q;;;;;+2/p-2. The van der Waals surface area contributed by atoms with E-state index in [1.54, 1.807) is 25.5 Å². The summed E-state index contributed by atoms with van der Waals surface area (Å²) in [5.74, 6) is 0. The topological polar surface area (TPSA) is 0 Å². The van der Waals surface area contributed by atoms with E-state index in [1.807, 2.05) is 3.28 Å². The molecule has 6 rings (SSSR count). The minimum Gasteiger partial charge on any atom is -1.00 e. The fraction of sp³-hybridized carbons (Fsp3) is 0.293. The van der Waals surface area contributed by atoms with Gasteiger partial charge in [0, 0.05) is 0 Å². The molecule has 0 aliphatic heterocycles. The fourth-order valence-electron chi connectivity index (χ4n) is 7.24. The molecule has 3 heteroatoms. The Balaban J connectivity index is 0.00000221. The molecule has 0 radical (unpaired) electrons. The number of aryl methyl sites for hydroxylation is 2. The summed E-state index contributed by atoms with van der Waals surface area (Å²) in [5, 5.41) is 0. The molecule has 0 amide bonds. The second-order valence-electron chi connectivity index (χ2n) is 12.0. The third-order valence-electron chi connectivity index (χ3n) is 9.23. The zero-order valence-corrected chi connectivity index (χ0v) is 30.6. The van der Waals surface area contributed by atoms with Gasteiger partial charge in [-0.15, -0.1) is 0 Å². The predicted molar refractivity (Wildman–Crippen MR) is 178 cm³/mol. The molecule has 0 saturated heterocycles. The maximum absolute atomic E-state index is 2.73. The molecular formula is C41H44Cl2Zr. The van der Waals surface area contributed by atoms with Crippen LogP contribution in [0.1, 0.15) is 96.8 Å². The van der Waals surface area contributed by atoms with E-state index in [-0.39, 0.29) is 24.8 Å². The number of benzene rings is 4. The van der Waals surface area contributed by atoms with Crippen molar-refractivity contribution in [3.05, 3.63) is 151 Å². The average Bonchev–Trinajstić information content (AvgIpc) is 3.58. The summed E-state index contributed by atoms with van der Waals surface area (Å²) in [6.45, 7) is 9.31. The Morgan fingerprint density at radius 3 is 1.59 bits per heavy atom. The minimum atomic E-state index is -2.73. The molecular weight excluding hydrogens is 655 g/mol. The van der Waals surface area contributed by atoms with Crippen LogP contribution in [0.4, 0.5) is 0 Å². The van der Waals surface area contributed by atoms with Gasteiger partial charge < -0.3 is 24.8 Å². The number of fused-ring (bicyclic) bond motifs is 3. The number of hydrogen-bond acceptors (Lipinski definition) is 0. The van der Waals surface area contributed by atoms with Gasteiger partial charge in [0.05, 0.1) is 0 Å². The Labute approximate surface area is 285 Å². The van der Waals surface area contributed by atoms with Gasteiger partial charge in [-0.3, -0.25) is 0 Å². The number of allylic oxidation sites excluding steroid dienone is 4. The van der Waals surface area contributed by atoms with Crippen LogP contribution in [-0.2, 0) is 34.1 Å². The van der Waals surface area contributed by atoms with Crippen molar-refractivity contribution in [2.24, 2.45) is 0 Å². The van der Waals surface area contributed by atoms with Crippen molar-refractivity contribution in [3.63, 3.8) is 0 Å². The summed E-state index contributed by atoms with van der Waals surface area (Å²) in [7, 11) is 0. The Bertz CT molecular complexity index is 1580. The quantitative estimate of drug-likeness (QED) is 0.220. The van der Waals surface area contributed by atoms with Gasteiger partial charge in [-0.2, -0.15) is 0 Å². The summed E-state index contributed by atoms with van der Waals surface area (Å²) in [6.07, 6.45) is 10.8. The van der Waals surface area contributed by atoms with Gasteiger partial charge in [0.25, 0.3) is 0 Å². The van der Waals surface area contributed by atoms with Gasteiger partial charge in [-0.05, 0) is 0 Å². The first kappa shape index (κ1) is 34.6. The van der Waals surface area contributed by atoms with Crippen molar-refractivity contribution in [2.45, 2.75) is 76.3 Å². The summed E-state index contributed by atoms with van der Waals surface area (Å²) < 4.78 is 3.99. The van der Waals surface area contributed by atoms with Gasteiger partial charge in [-0.25, -0.2) is 0 Å². The molecule has 0 saturated carbocycles. The molecule has 0 nitrogen and oxygen atoms in total. The van der Waals surface area contributed by atoms with Crippen LogP contribution in [0.2, 0.25) is 0 Å². The number of hydrogen-bond donors (Lipinski definition) is 0. The SMILES string of the molecule is CCCC1=CC(CCC)=[C]([Zr+2](=[C](c2ccccc2)c2ccccc2)[CH]2c3cc(CC)ccc3-c3ccc(CC)cc32)C1.[Cl-].[Cl-]. The average molecular weight is 699 g/mol. The molecule has 0 N–H and O–H groups in total. The van der Waals surface area contributed by atoms with Crippen molar-refractivity contribution >= 4 is 3.21 Å². The van der Waals surface area contributed by atoms with Crippen LogP contribution in [0.5, 0.6) is 0 Å². The summed E-state index contributed by atoms with van der Waals surface area (Å²) in [4.78, 5) is 0. The van der Waals surface area contributed by atoms with E-state index in [1.165, 1.54) is 65.5 Å². The summed E-state index contributed by atoms with van der Waals surface area (Å²) in [5.41, 5.74) is 15.3. The Morgan fingerprint density at radius 1 is 0.636 bits per heavy atom. The maximum Gasteiger partial charge on any atom is -1.00 e. The van der Waals surface area contributed by atoms with Crippen molar-refractivity contribution in [1.82, 2.24) is 0 Å². The van der Waals surface area contributed by atoms with Crippen LogP contribution in [0, 0.1) is 0 Å². The van der Waals surface area contributed by atoms with E-state index >= 15 is 0 Å². The third-order valence-corrected chi connectivity index (χ3v) is 17.7. The predicted octanol–water partition coefficient (Wildman–Crippen LogP) is 4.96. The molecule has 44 heavy (non-hydrogen) atoms. The molecule has 0 atom stereocenters. The van der Waals surface area contributed by atoms with Gasteiger partial charge >= 0.3 is 263 Å². The first-order valence-corrected chi connectivity index (χ1v) is 20.1. The van der Waals surface area contributed by atoms with Crippen LogP contribution >= 0.6 is 0 Å². The van der Waals surface area contributed by atoms with Gasteiger partial charge in [0.2, 0.25) is 0 Å². The van der Waals surface area contributed by atoms with E-state index < -0.39 is 21.3 Å². The number of halogens is 2. The molecule has 4 aromatic rings. The van der Waals surface area contributed by atoms with Crippen LogP contribution < -0.4 is 24.8 Å². The summed E-state index contributed by atoms with van der Waals surface area (Å²) >= 11 is -2.73. The normalized spacial score (nSPS) is 13.3. The molecule has 226 valence electrons. The number of rotatable bonds is 10. The molecule has 0 unspecified atom stereocenters. The van der Waals surface area contributed by atoms with E-state index in [0.29, 0.717) is 3.63 Å². The van der Waals surface area contributed by atoms with Gasteiger partial charge in [-0.1, -0.05) is 0 Å². The molecule has 0 spiro atoms. The van der Waals surface area contributed by atoms with Crippen LogP contribution in [0.15, 0.2) is 118 Å².